The van der Waals surface area contributed by atoms with Crippen molar-refractivity contribution >= 4 is 41.3 Å². The first-order valence-corrected chi connectivity index (χ1v) is 15.7. The molecule has 1 aliphatic carbocycles. The van der Waals surface area contributed by atoms with Gasteiger partial charge >= 0.3 is 12.4 Å². The van der Waals surface area contributed by atoms with Gasteiger partial charge in [-0.1, -0.05) is 0 Å². The summed E-state index contributed by atoms with van der Waals surface area (Å²) < 4.78 is 85.1. The van der Waals surface area contributed by atoms with Crippen LogP contribution in [0.1, 0.15) is 58.8 Å². The summed E-state index contributed by atoms with van der Waals surface area (Å²) in [7, 11) is 0. The Balaban J connectivity index is 1.78. The number of aliphatic hydroxyl groups is 2. The zero-order valence-corrected chi connectivity index (χ0v) is 27.3. The lowest BCUT2D eigenvalue weighted by molar-refractivity contribution is -0.387. The van der Waals surface area contributed by atoms with Gasteiger partial charge in [-0.25, -0.2) is 0 Å². The summed E-state index contributed by atoms with van der Waals surface area (Å²) >= 11 is 0. The number of amides is 4. The average Bonchev–Trinajstić information content (AvgIpc) is 3.45. The molecule has 4 amide bonds. The lowest BCUT2D eigenvalue weighted by atomic mass is 9.72. The SMILES string of the molecule is CC(C)(O)C(C=NN)=N[C@H]1C[C@@H](C(=O)NC2(C(=O)C(N)=O)CCOCC2)N(C(=O)CNC(=O)C2CCC(C(O)(C(F)(F)F)C(F)(F)F)CC2)C1. The number of ether oxygens (including phenoxy) is 1. The van der Waals surface area contributed by atoms with E-state index in [9.17, 15) is 60.5 Å². The fourth-order valence-corrected chi connectivity index (χ4v) is 6.54. The molecule has 282 valence electrons. The van der Waals surface area contributed by atoms with Gasteiger partial charge in [-0.15, -0.1) is 0 Å². The van der Waals surface area contributed by atoms with Gasteiger partial charge in [0.15, 0.2) is 0 Å². The van der Waals surface area contributed by atoms with Gasteiger partial charge in [0.1, 0.15) is 17.2 Å². The minimum absolute atomic E-state index is 0.00453. The van der Waals surface area contributed by atoms with Crippen molar-refractivity contribution in [2.24, 2.45) is 33.5 Å². The van der Waals surface area contributed by atoms with E-state index in [2.05, 4.69) is 20.7 Å². The third kappa shape index (κ3) is 8.71. The van der Waals surface area contributed by atoms with Crippen LogP contribution in [0, 0.1) is 11.8 Å². The van der Waals surface area contributed by atoms with Crippen molar-refractivity contribution in [2.75, 3.05) is 26.3 Å². The van der Waals surface area contributed by atoms with E-state index in [0.29, 0.717) is 0 Å². The number of aliphatic imine (C=N–C) groups is 1. The summed E-state index contributed by atoms with van der Waals surface area (Å²) in [5.41, 5.74) is -3.00. The Labute approximate surface area is 282 Å². The highest BCUT2D eigenvalue weighted by Gasteiger charge is 2.73. The predicted octanol–water partition coefficient (Wildman–Crippen LogP) is -0.390. The van der Waals surface area contributed by atoms with Crippen molar-refractivity contribution in [3.63, 3.8) is 0 Å². The van der Waals surface area contributed by atoms with Gasteiger partial charge < -0.3 is 42.1 Å². The largest absolute Gasteiger partial charge is 0.426 e. The second kappa shape index (κ2) is 15.2. The van der Waals surface area contributed by atoms with Gasteiger partial charge in [-0.2, -0.15) is 31.4 Å². The molecule has 2 saturated heterocycles. The predicted molar refractivity (Wildman–Crippen MR) is 161 cm³/mol. The van der Waals surface area contributed by atoms with Gasteiger partial charge in [-0.3, -0.25) is 29.0 Å². The van der Waals surface area contributed by atoms with Gasteiger partial charge in [-0.05, 0) is 39.5 Å². The Morgan fingerprint density at radius 2 is 1.52 bits per heavy atom. The number of nitrogens with one attached hydrogen (secondary N) is 2. The molecular weight excluding hydrogens is 688 g/mol. The van der Waals surface area contributed by atoms with Crippen LogP contribution in [-0.2, 0) is 28.7 Å². The lowest BCUT2D eigenvalue weighted by Crippen LogP contribution is -2.63. The molecule has 2 heterocycles. The smallest absolute Gasteiger partial charge is 0.384 e. The van der Waals surface area contributed by atoms with E-state index in [1.54, 1.807) is 0 Å². The minimum atomic E-state index is -6.00. The van der Waals surface area contributed by atoms with Crippen molar-refractivity contribution in [1.29, 1.82) is 0 Å². The number of nitrogens with zero attached hydrogens (tertiary/aromatic N) is 3. The summed E-state index contributed by atoms with van der Waals surface area (Å²) in [6, 6.07) is -2.18. The number of halogens is 6. The van der Waals surface area contributed by atoms with Gasteiger partial charge in [0.05, 0.1) is 24.5 Å². The summed E-state index contributed by atoms with van der Waals surface area (Å²) in [5, 5.41) is 28.4. The topological polar surface area (TPSA) is 239 Å². The first-order chi connectivity index (χ1) is 23.0. The first-order valence-electron chi connectivity index (χ1n) is 15.7. The van der Waals surface area contributed by atoms with E-state index in [-0.39, 0.29) is 44.7 Å². The number of hydrogen-bond acceptors (Lipinski definition) is 11. The van der Waals surface area contributed by atoms with E-state index < -0.39 is 115 Å². The monoisotopic (exact) mass is 729 g/mol. The van der Waals surface area contributed by atoms with Gasteiger partial charge in [0, 0.05) is 50.9 Å². The van der Waals surface area contributed by atoms with E-state index in [1.807, 2.05) is 0 Å². The lowest BCUT2D eigenvalue weighted by Gasteiger charge is -2.41. The van der Waals surface area contributed by atoms with Crippen LogP contribution in [0.25, 0.3) is 0 Å². The summed E-state index contributed by atoms with van der Waals surface area (Å²) in [4.78, 5) is 70.1. The van der Waals surface area contributed by atoms with E-state index in [1.165, 1.54) is 13.8 Å². The Morgan fingerprint density at radius 3 is 2.00 bits per heavy atom. The van der Waals surface area contributed by atoms with Crippen LogP contribution in [-0.4, -0.2) is 124 Å². The Bertz CT molecular complexity index is 1350. The average molecular weight is 730 g/mol. The molecule has 0 aromatic carbocycles. The molecule has 0 aromatic heterocycles. The van der Waals surface area contributed by atoms with Crippen LogP contribution in [0.5, 0.6) is 0 Å². The highest BCUT2D eigenvalue weighted by Crippen LogP contribution is 2.52. The van der Waals surface area contributed by atoms with E-state index in [4.69, 9.17) is 16.3 Å². The number of rotatable bonds is 11. The van der Waals surface area contributed by atoms with Crippen LogP contribution in [0.4, 0.5) is 26.3 Å². The molecule has 0 spiro atoms. The number of hydrazone groups is 1. The van der Waals surface area contributed by atoms with Crippen LogP contribution in [0.2, 0.25) is 0 Å². The standard InChI is InChI=1S/C29H41F6N7O8/c1-25(2,48)19(12-39-37)40-17-11-18(24(47)41-26(21(44)22(36)45)7-9-50-10-8-26)42(14-17)20(43)13-38-23(46)15-3-5-16(6-4-15)27(49,28(30,31)32)29(33,34)35/h12,15-18,48-49H,3-11,13-14,37H2,1-2H3,(H2,36,45)(H,38,46)(H,41,47)/t15?,16?,17-,18-/m0/s1. The maximum Gasteiger partial charge on any atom is 0.426 e. The van der Waals surface area contributed by atoms with Crippen molar-refractivity contribution in [3.05, 3.63) is 0 Å². The zero-order chi connectivity index (χ0) is 37.9. The Kier molecular flexibility index (Phi) is 12.3. The van der Waals surface area contributed by atoms with Crippen LogP contribution < -0.4 is 22.2 Å². The number of Topliss-reactive ketones (excluding diaryl/α,β-unsaturated/α-hetero) is 1. The molecule has 2 aliphatic heterocycles. The molecule has 0 aromatic rings. The molecule has 3 fully saturated rings. The maximum atomic E-state index is 13.7. The second-order valence-electron chi connectivity index (χ2n) is 13.2. The van der Waals surface area contributed by atoms with Gasteiger partial charge in [0.2, 0.25) is 23.5 Å². The molecule has 0 bridgehead atoms. The molecule has 2 atom stereocenters. The number of likely N-dealkylation sites (tertiary alicyclic amines) is 1. The molecule has 50 heavy (non-hydrogen) atoms. The molecule has 15 nitrogen and oxygen atoms in total. The molecule has 1 saturated carbocycles. The van der Waals surface area contributed by atoms with E-state index >= 15 is 0 Å². The van der Waals surface area contributed by atoms with Crippen molar-refractivity contribution in [3.8, 4) is 0 Å². The number of nitrogens with two attached hydrogens (primary N) is 2. The molecule has 21 heteroatoms. The molecule has 3 aliphatic rings. The third-order valence-corrected chi connectivity index (χ3v) is 9.38. The molecular formula is C29H41F6N7O8. The van der Waals surface area contributed by atoms with Crippen molar-refractivity contribution in [2.45, 2.75) is 100.0 Å². The second-order valence-corrected chi connectivity index (χ2v) is 13.2. The van der Waals surface area contributed by atoms with Crippen molar-refractivity contribution in [1.82, 2.24) is 15.5 Å². The highest BCUT2D eigenvalue weighted by atomic mass is 19.4. The number of hydrogen-bond donors (Lipinski definition) is 6. The Hall–Kier alpha value is -3.85. The summed E-state index contributed by atoms with van der Waals surface area (Å²) in [5.74, 6) is -3.00. The summed E-state index contributed by atoms with van der Waals surface area (Å²) in [6.45, 7) is 1.80. The normalized spacial score (nSPS) is 25.3. The van der Waals surface area contributed by atoms with Crippen LogP contribution in [0.3, 0.4) is 0 Å². The minimum Gasteiger partial charge on any atom is -0.384 e. The van der Waals surface area contributed by atoms with E-state index in [0.717, 1.165) is 11.1 Å². The number of primary amides is 1. The number of ketones is 1. The molecule has 8 N–H and O–H groups in total. The van der Waals surface area contributed by atoms with Crippen molar-refractivity contribution < 1.29 is 65.3 Å². The number of alkyl halides is 6. The molecule has 0 unspecified atom stereocenters. The fraction of sp³-hybridized carbons (Fsp3) is 0.759. The highest BCUT2D eigenvalue weighted by molar-refractivity contribution is 6.39. The molecule has 3 rings (SSSR count). The first kappa shape index (κ1) is 40.6. The maximum absolute atomic E-state index is 13.7. The number of carbonyl (C=O) groups is 5. The summed E-state index contributed by atoms with van der Waals surface area (Å²) in [6.07, 6.45) is -13.7. The quantitative estimate of drug-likeness (QED) is 0.0533. The van der Waals surface area contributed by atoms with Gasteiger partial charge in [0.25, 0.3) is 11.5 Å². The fourth-order valence-electron chi connectivity index (χ4n) is 6.54. The van der Waals surface area contributed by atoms with Crippen LogP contribution >= 0.6 is 0 Å². The molecule has 0 radical (unpaired) electrons. The third-order valence-electron chi connectivity index (χ3n) is 9.38. The number of carbonyl (C=O) groups excluding carboxylic acids is 5. The van der Waals surface area contributed by atoms with Crippen LogP contribution in [0.15, 0.2) is 10.1 Å². The zero-order valence-electron chi connectivity index (χ0n) is 27.3. The Morgan fingerprint density at radius 1 is 0.960 bits per heavy atom.